The van der Waals surface area contributed by atoms with Crippen molar-refractivity contribution in [1.82, 2.24) is 0 Å². The van der Waals surface area contributed by atoms with Crippen molar-refractivity contribution in [2.45, 2.75) is 39.5 Å². The Morgan fingerprint density at radius 3 is 2.18 bits per heavy atom. The van der Waals surface area contributed by atoms with Crippen LogP contribution in [0.15, 0.2) is 42.5 Å². The van der Waals surface area contributed by atoms with Gasteiger partial charge in [0.25, 0.3) is 0 Å². The van der Waals surface area contributed by atoms with Gasteiger partial charge in [-0.15, -0.1) is 0 Å². The molecule has 1 aliphatic rings. The van der Waals surface area contributed by atoms with Crippen molar-refractivity contribution >= 4 is 23.2 Å². The summed E-state index contributed by atoms with van der Waals surface area (Å²) in [5.74, 6) is -0.167. The molecule has 0 heterocycles. The summed E-state index contributed by atoms with van der Waals surface area (Å²) in [7, 11) is 0. The number of rotatable bonds is 4. The smallest absolute Gasteiger partial charge is 0.227 e. The molecule has 1 saturated carbocycles. The van der Waals surface area contributed by atoms with Crippen LogP contribution in [0.4, 0.5) is 11.4 Å². The highest BCUT2D eigenvalue weighted by molar-refractivity contribution is 5.95. The molecule has 1 aliphatic carbocycles. The van der Waals surface area contributed by atoms with Crippen molar-refractivity contribution < 1.29 is 9.59 Å². The predicted octanol–water partition coefficient (Wildman–Crippen LogP) is 4.56. The second kappa shape index (κ2) is 8.71. The summed E-state index contributed by atoms with van der Waals surface area (Å²) in [5, 5.41) is 14.9. The maximum absolute atomic E-state index is 12.6. The van der Waals surface area contributed by atoms with Gasteiger partial charge in [-0.25, -0.2) is 0 Å². The summed E-state index contributed by atoms with van der Waals surface area (Å²) >= 11 is 0. The number of nitriles is 1. The molecule has 0 aliphatic heterocycles. The first-order valence-electron chi connectivity index (χ1n) is 9.66. The summed E-state index contributed by atoms with van der Waals surface area (Å²) in [5.41, 5.74) is 4.26. The quantitative estimate of drug-likeness (QED) is 0.822. The van der Waals surface area contributed by atoms with E-state index in [1.165, 1.54) is 0 Å². The molecule has 2 aromatic carbocycles. The Morgan fingerprint density at radius 1 is 0.929 bits per heavy atom. The minimum Gasteiger partial charge on any atom is -0.326 e. The van der Waals surface area contributed by atoms with Crippen LogP contribution in [0.2, 0.25) is 0 Å². The lowest BCUT2D eigenvalue weighted by Crippen LogP contribution is -2.32. The molecule has 5 nitrogen and oxygen atoms in total. The molecular weight excluding hydrogens is 350 g/mol. The highest BCUT2D eigenvalue weighted by Crippen LogP contribution is 2.31. The van der Waals surface area contributed by atoms with Gasteiger partial charge in [-0.05, 0) is 74.9 Å². The zero-order valence-corrected chi connectivity index (χ0v) is 16.3. The van der Waals surface area contributed by atoms with Gasteiger partial charge in [-0.3, -0.25) is 9.59 Å². The Hall–Kier alpha value is -3.13. The standard InChI is InChI=1S/C23H25N3O2/c1-15-5-3-8-21(16(15)2)26-23(28)19-11-9-18(10-12-19)22(27)25-20-7-4-6-17(13-20)14-24/h3-8,13,18-19H,9-12H2,1-2H3,(H,25,27)(H,26,28). The molecule has 28 heavy (non-hydrogen) atoms. The van der Waals surface area contributed by atoms with Crippen LogP contribution in [-0.4, -0.2) is 11.8 Å². The average Bonchev–Trinajstić information content (AvgIpc) is 2.71. The van der Waals surface area contributed by atoms with Gasteiger partial charge in [0.15, 0.2) is 0 Å². The van der Waals surface area contributed by atoms with E-state index in [9.17, 15) is 9.59 Å². The Balaban J connectivity index is 1.53. The fourth-order valence-corrected chi connectivity index (χ4v) is 3.65. The molecule has 0 bridgehead atoms. The van der Waals surface area contributed by atoms with Crippen molar-refractivity contribution in [3.05, 3.63) is 59.2 Å². The van der Waals surface area contributed by atoms with Crippen LogP contribution in [-0.2, 0) is 9.59 Å². The SMILES string of the molecule is Cc1cccc(NC(=O)C2CCC(C(=O)Nc3cccc(C#N)c3)CC2)c1C. The molecule has 0 aromatic heterocycles. The van der Waals surface area contributed by atoms with Crippen LogP contribution in [0.1, 0.15) is 42.4 Å². The van der Waals surface area contributed by atoms with Crippen molar-refractivity contribution in [3.8, 4) is 6.07 Å². The third kappa shape index (κ3) is 4.58. The second-order valence-electron chi connectivity index (χ2n) is 7.47. The highest BCUT2D eigenvalue weighted by Gasteiger charge is 2.30. The average molecular weight is 375 g/mol. The van der Waals surface area contributed by atoms with Gasteiger partial charge in [0.05, 0.1) is 11.6 Å². The summed E-state index contributed by atoms with van der Waals surface area (Å²) in [6.45, 7) is 4.04. The Kier molecular flexibility index (Phi) is 6.10. The minimum atomic E-state index is -0.101. The summed E-state index contributed by atoms with van der Waals surface area (Å²) in [6, 6.07) is 14.9. The van der Waals surface area contributed by atoms with Crippen LogP contribution in [0.5, 0.6) is 0 Å². The van der Waals surface area contributed by atoms with E-state index in [0.29, 0.717) is 36.9 Å². The predicted molar refractivity (Wildman–Crippen MR) is 110 cm³/mol. The number of aryl methyl sites for hydroxylation is 1. The molecular formula is C23H25N3O2. The third-order valence-electron chi connectivity index (χ3n) is 5.59. The first kappa shape index (κ1) is 19.6. The van der Waals surface area contributed by atoms with Crippen LogP contribution in [0.25, 0.3) is 0 Å². The molecule has 0 unspecified atom stereocenters. The molecule has 2 aromatic rings. The first-order valence-corrected chi connectivity index (χ1v) is 9.66. The fourth-order valence-electron chi connectivity index (χ4n) is 3.65. The maximum atomic E-state index is 12.6. The van der Waals surface area contributed by atoms with Gasteiger partial charge in [-0.1, -0.05) is 18.2 Å². The second-order valence-corrected chi connectivity index (χ2v) is 7.47. The molecule has 0 radical (unpaired) electrons. The number of hydrogen-bond donors (Lipinski definition) is 2. The number of benzene rings is 2. The molecule has 2 amide bonds. The lowest BCUT2D eigenvalue weighted by Gasteiger charge is -2.27. The number of amides is 2. The van der Waals surface area contributed by atoms with Crippen molar-refractivity contribution in [2.75, 3.05) is 10.6 Å². The number of nitrogens with zero attached hydrogens (tertiary/aromatic N) is 1. The minimum absolute atomic E-state index is 0.0364. The van der Waals surface area contributed by atoms with Gasteiger partial charge in [-0.2, -0.15) is 5.26 Å². The largest absolute Gasteiger partial charge is 0.326 e. The molecule has 3 rings (SSSR count). The molecule has 0 atom stereocenters. The number of hydrogen-bond acceptors (Lipinski definition) is 3. The number of anilines is 2. The number of carbonyl (C=O) groups is 2. The van der Waals surface area contributed by atoms with Crippen molar-refractivity contribution in [1.29, 1.82) is 5.26 Å². The first-order chi connectivity index (χ1) is 13.5. The Labute approximate surface area is 165 Å². The van der Waals surface area contributed by atoms with E-state index in [1.54, 1.807) is 24.3 Å². The Bertz CT molecular complexity index is 922. The zero-order valence-electron chi connectivity index (χ0n) is 16.3. The highest BCUT2D eigenvalue weighted by atomic mass is 16.2. The third-order valence-corrected chi connectivity index (χ3v) is 5.59. The monoisotopic (exact) mass is 375 g/mol. The lowest BCUT2D eigenvalue weighted by molar-refractivity contribution is -0.125. The van der Waals surface area contributed by atoms with E-state index < -0.39 is 0 Å². The lowest BCUT2D eigenvalue weighted by atomic mass is 9.81. The van der Waals surface area contributed by atoms with Gasteiger partial charge in [0.2, 0.25) is 11.8 Å². The van der Waals surface area contributed by atoms with Crippen LogP contribution < -0.4 is 10.6 Å². The summed E-state index contributed by atoms with van der Waals surface area (Å²) < 4.78 is 0. The van der Waals surface area contributed by atoms with E-state index in [4.69, 9.17) is 5.26 Å². The number of carbonyl (C=O) groups excluding carboxylic acids is 2. The van der Waals surface area contributed by atoms with E-state index in [2.05, 4.69) is 16.7 Å². The molecule has 0 spiro atoms. The van der Waals surface area contributed by atoms with E-state index in [0.717, 1.165) is 16.8 Å². The summed E-state index contributed by atoms with van der Waals surface area (Å²) in [6.07, 6.45) is 2.78. The summed E-state index contributed by atoms with van der Waals surface area (Å²) in [4.78, 5) is 25.1. The molecule has 0 saturated heterocycles. The topological polar surface area (TPSA) is 82.0 Å². The van der Waals surface area contributed by atoms with Gasteiger partial charge in [0, 0.05) is 23.2 Å². The normalized spacial score (nSPS) is 18.8. The van der Waals surface area contributed by atoms with Crippen molar-refractivity contribution in [2.24, 2.45) is 11.8 Å². The molecule has 2 N–H and O–H groups in total. The van der Waals surface area contributed by atoms with Crippen LogP contribution in [0.3, 0.4) is 0 Å². The van der Waals surface area contributed by atoms with Crippen LogP contribution in [0, 0.1) is 37.0 Å². The van der Waals surface area contributed by atoms with Gasteiger partial charge in [0.1, 0.15) is 0 Å². The van der Waals surface area contributed by atoms with Crippen molar-refractivity contribution in [3.63, 3.8) is 0 Å². The van der Waals surface area contributed by atoms with Gasteiger partial charge < -0.3 is 10.6 Å². The fraction of sp³-hybridized carbons (Fsp3) is 0.348. The van der Waals surface area contributed by atoms with E-state index >= 15 is 0 Å². The van der Waals surface area contributed by atoms with Crippen LogP contribution >= 0.6 is 0 Å². The molecule has 144 valence electrons. The molecule has 1 fully saturated rings. The maximum Gasteiger partial charge on any atom is 0.227 e. The molecule has 5 heteroatoms. The Morgan fingerprint density at radius 2 is 1.54 bits per heavy atom. The van der Waals surface area contributed by atoms with Gasteiger partial charge >= 0.3 is 0 Å². The van der Waals surface area contributed by atoms with E-state index in [1.807, 2.05) is 32.0 Å². The zero-order chi connectivity index (χ0) is 20.1. The van der Waals surface area contributed by atoms with E-state index in [-0.39, 0.29) is 23.7 Å². The number of nitrogens with one attached hydrogen (secondary N) is 2.